The van der Waals surface area contributed by atoms with Crippen molar-refractivity contribution < 1.29 is 9.53 Å². The minimum atomic E-state index is -0.324. The summed E-state index contributed by atoms with van der Waals surface area (Å²) in [6.07, 6.45) is 3.46. The molecule has 7 heteroatoms. The number of hydrogen-bond acceptors (Lipinski definition) is 5. The van der Waals surface area contributed by atoms with Gasteiger partial charge >= 0.3 is 0 Å². The number of ether oxygens (including phenoxy) is 1. The average molecular weight is 279 g/mol. The second-order valence-corrected chi connectivity index (χ2v) is 5.43. The summed E-state index contributed by atoms with van der Waals surface area (Å²) in [4.78, 5) is 20.7. The first-order valence-corrected chi connectivity index (χ1v) is 7.19. The highest BCUT2D eigenvalue weighted by molar-refractivity contribution is 5.81. The molecule has 1 amide bonds. The maximum Gasteiger partial charge on any atom is 0.253 e. The van der Waals surface area contributed by atoms with E-state index in [1.807, 2.05) is 11.9 Å². The average Bonchev–Trinajstić information content (AvgIpc) is 3.11. The zero-order chi connectivity index (χ0) is 13.9. The van der Waals surface area contributed by atoms with Crippen molar-refractivity contribution in [2.45, 2.75) is 25.5 Å². The van der Waals surface area contributed by atoms with E-state index in [-0.39, 0.29) is 12.0 Å². The highest BCUT2D eigenvalue weighted by Crippen LogP contribution is 2.15. The van der Waals surface area contributed by atoms with E-state index in [9.17, 15) is 4.79 Å². The van der Waals surface area contributed by atoms with Crippen molar-refractivity contribution in [2.24, 2.45) is 7.05 Å². The Morgan fingerprint density at radius 2 is 2.20 bits per heavy atom. The number of rotatable bonds is 3. The van der Waals surface area contributed by atoms with E-state index < -0.39 is 0 Å². The van der Waals surface area contributed by atoms with Crippen molar-refractivity contribution in [1.29, 1.82) is 0 Å². The third kappa shape index (κ3) is 2.83. The van der Waals surface area contributed by atoms with Crippen LogP contribution in [0.25, 0.3) is 0 Å². The number of carbonyl (C=O) groups excluding carboxylic acids is 1. The summed E-state index contributed by atoms with van der Waals surface area (Å²) in [5.41, 5.74) is 0. The van der Waals surface area contributed by atoms with Crippen molar-refractivity contribution >= 4 is 5.91 Å². The highest BCUT2D eigenvalue weighted by Gasteiger charge is 2.31. The number of aryl methyl sites for hydroxylation is 1. The molecule has 3 rings (SSSR count). The Bertz CT molecular complexity index is 469. The summed E-state index contributed by atoms with van der Waals surface area (Å²) in [7, 11) is 1.88. The lowest BCUT2D eigenvalue weighted by atomic mass is 10.2. The SMILES string of the molecule is Cn1ncnc1CN1CCOC(C(=O)N2CCCC2)C1. The molecule has 1 aromatic heterocycles. The second-order valence-electron chi connectivity index (χ2n) is 5.43. The van der Waals surface area contributed by atoms with Gasteiger partial charge in [0.2, 0.25) is 0 Å². The van der Waals surface area contributed by atoms with Gasteiger partial charge in [0.1, 0.15) is 18.3 Å². The second kappa shape index (κ2) is 5.88. The molecule has 110 valence electrons. The molecule has 0 N–H and O–H groups in total. The van der Waals surface area contributed by atoms with Crippen LogP contribution in [-0.4, -0.2) is 69.4 Å². The van der Waals surface area contributed by atoms with Crippen LogP contribution in [0, 0.1) is 0 Å². The van der Waals surface area contributed by atoms with Crippen molar-refractivity contribution in [2.75, 3.05) is 32.8 Å². The summed E-state index contributed by atoms with van der Waals surface area (Å²) in [5.74, 6) is 1.06. The number of amides is 1. The Kier molecular flexibility index (Phi) is 3.98. The molecule has 2 saturated heterocycles. The monoisotopic (exact) mass is 279 g/mol. The molecule has 3 heterocycles. The van der Waals surface area contributed by atoms with E-state index in [0.29, 0.717) is 19.7 Å². The maximum atomic E-state index is 12.4. The van der Waals surface area contributed by atoms with Crippen LogP contribution in [0.4, 0.5) is 0 Å². The summed E-state index contributed by atoms with van der Waals surface area (Å²) in [6, 6.07) is 0. The first kappa shape index (κ1) is 13.5. The highest BCUT2D eigenvalue weighted by atomic mass is 16.5. The molecule has 20 heavy (non-hydrogen) atoms. The Morgan fingerprint density at radius 3 is 2.90 bits per heavy atom. The minimum absolute atomic E-state index is 0.144. The largest absolute Gasteiger partial charge is 0.366 e. The smallest absolute Gasteiger partial charge is 0.253 e. The first-order chi connectivity index (χ1) is 9.74. The number of carbonyl (C=O) groups is 1. The predicted molar refractivity (Wildman–Crippen MR) is 71.8 cm³/mol. The Balaban J connectivity index is 1.58. The van der Waals surface area contributed by atoms with Crippen molar-refractivity contribution in [3.05, 3.63) is 12.2 Å². The van der Waals surface area contributed by atoms with E-state index in [0.717, 1.165) is 38.3 Å². The summed E-state index contributed by atoms with van der Waals surface area (Å²) >= 11 is 0. The van der Waals surface area contributed by atoms with Gasteiger partial charge in [-0.05, 0) is 12.8 Å². The molecular formula is C13H21N5O2. The molecule has 0 spiro atoms. The molecule has 1 atom stereocenters. The topological polar surface area (TPSA) is 63.5 Å². The van der Waals surface area contributed by atoms with Crippen LogP contribution in [0.5, 0.6) is 0 Å². The normalized spacial score (nSPS) is 24.2. The molecule has 0 saturated carbocycles. The molecule has 2 aliphatic rings. The lowest BCUT2D eigenvalue weighted by molar-refractivity contribution is -0.148. The number of aromatic nitrogens is 3. The van der Waals surface area contributed by atoms with Gasteiger partial charge in [-0.2, -0.15) is 5.10 Å². The fraction of sp³-hybridized carbons (Fsp3) is 0.769. The van der Waals surface area contributed by atoms with Crippen LogP contribution in [0.2, 0.25) is 0 Å². The van der Waals surface area contributed by atoms with Gasteiger partial charge in [0.05, 0.1) is 13.2 Å². The molecule has 7 nitrogen and oxygen atoms in total. The summed E-state index contributed by atoms with van der Waals surface area (Å²) < 4.78 is 7.43. The van der Waals surface area contributed by atoms with Crippen molar-refractivity contribution in [3.63, 3.8) is 0 Å². The molecule has 0 radical (unpaired) electrons. The molecule has 0 aliphatic carbocycles. The van der Waals surface area contributed by atoms with Crippen molar-refractivity contribution in [3.8, 4) is 0 Å². The van der Waals surface area contributed by atoms with Gasteiger partial charge in [0, 0.05) is 33.2 Å². The fourth-order valence-corrected chi connectivity index (χ4v) is 2.80. The lowest BCUT2D eigenvalue weighted by Crippen LogP contribution is -2.50. The minimum Gasteiger partial charge on any atom is -0.366 e. The number of morpholine rings is 1. The first-order valence-electron chi connectivity index (χ1n) is 7.19. The number of nitrogens with zero attached hydrogens (tertiary/aromatic N) is 5. The molecule has 1 unspecified atom stereocenters. The predicted octanol–water partition coefficient (Wildman–Crippen LogP) is -0.362. The fourth-order valence-electron chi connectivity index (χ4n) is 2.80. The van der Waals surface area contributed by atoms with Crippen LogP contribution in [0.3, 0.4) is 0 Å². The molecular weight excluding hydrogens is 258 g/mol. The van der Waals surface area contributed by atoms with Gasteiger partial charge in [-0.1, -0.05) is 0 Å². The zero-order valence-electron chi connectivity index (χ0n) is 11.9. The van der Waals surface area contributed by atoms with Gasteiger partial charge in [-0.25, -0.2) is 4.98 Å². The van der Waals surface area contributed by atoms with Crippen LogP contribution in [0.15, 0.2) is 6.33 Å². The van der Waals surface area contributed by atoms with Gasteiger partial charge in [-0.15, -0.1) is 0 Å². The van der Waals surface area contributed by atoms with E-state index in [2.05, 4.69) is 15.0 Å². The van der Waals surface area contributed by atoms with Crippen LogP contribution in [-0.2, 0) is 23.1 Å². The Labute approximate surface area is 118 Å². The van der Waals surface area contributed by atoms with Crippen molar-refractivity contribution in [1.82, 2.24) is 24.6 Å². The summed E-state index contributed by atoms with van der Waals surface area (Å²) in [5, 5.41) is 4.07. The summed E-state index contributed by atoms with van der Waals surface area (Å²) in [6.45, 7) is 4.54. The molecule has 2 aliphatic heterocycles. The van der Waals surface area contributed by atoms with Gasteiger partial charge < -0.3 is 9.64 Å². The van der Waals surface area contributed by atoms with Crippen LogP contribution < -0.4 is 0 Å². The lowest BCUT2D eigenvalue weighted by Gasteiger charge is -2.33. The Morgan fingerprint density at radius 1 is 1.40 bits per heavy atom. The standard InChI is InChI=1S/C13H21N5O2/c1-16-12(14-10-15-16)9-17-6-7-20-11(8-17)13(19)18-4-2-3-5-18/h10-11H,2-9H2,1H3. The van der Waals surface area contributed by atoms with E-state index in [4.69, 9.17) is 4.74 Å². The van der Waals surface area contributed by atoms with Gasteiger partial charge in [0.25, 0.3) is 5.91 Å². The number of hydrogen-bond donors (Lipinski definition) is 0. The molecule has 1 aromatic rings. The quantitative estimate of drug-likeness (QED) is 0.756. The third-order valence-electron chi connectivity index (χ3n) is 4.01. The Hall–Kier alpha value is -1.47. The van der Waals surface area contributed by atoms with Gasteiger partial charge in [0.15, 0.2) is 0 Å². The van der Waals surface area contributed by atoms with Crippen LogP contribution in [0.1, 0.15) is 18.7 Å². The van der Waals surface area contributed by atoms with E-state index in [1.165, 1.54) is 0 Å². The number of likely N-dealkylation sites (tertiary alicyclic amines) is 1. The zero-order valence-corrected chi connectivity index (χ0v) is 11.9. The molecule has 0 aromatic carbocycles. The van der Waals surface area contributed by atoms with Gasteiger partial charge in [-0.3, -0.25) is 14.4 Å². The maximum absolute atomic E-state index is 12.4. The molecule has 0 bridgehead atoms. The van der Waals surface area contributed by atoms with E-state index >= 15 is 0 Å². The van der Waals surface area contributed by atoms with Crippen LogP contribution >= 0.6 is 0 Å². The van der Waals surface area contributed by atoms with E-state index in [1.54, 1.807) is 11.0 Å². The third-order valence-corrected chi connectivity index (χ3v) is 4.01. The molecule has 2 fully saturated rings.